The lowest BCUT2D eigenvalue weighted by Gasteiger charge is -2.06. The standard InChI is InChI=1S/C16H15IN2S/c1-2-3-11-4-7-13(8-5-11)19-15-9-6-12(17)10-14(15)18-16(19)20/h4-10H,2-3H2,1H3,(H,18,20). The van der Waals surface area contributed by atoms with Crippen molar-refractivity contribution in [3.8, 4) is 5.69 Å². The molecule has 0 aliphatic rings. The summed E-state index contributed by atoms with van der Waals surface area (Å²) in [6, 6.07) is 15.0. The van der Waals surface area contributed by atoms with Gasteiger partial charge in [0.2, 0.25) is 0 Å². The Balaban J connectivity index is 2.14. The van der Waals surface area contributed by atoms with Gasteiger partial charge in [-0.25, -0.2) is 0 Å². The number of aryl methyl sites for hydroxylation is 1. The van der Waals surface area contributed by atoms with Crippen molar-refractivity contribution in [2.75, 3.05) is 0 Å². The van der Waals surface area contributed by atoms with Crippen LogP contribution in [0.3, 0.4) is 0 Å². The zero-order valence-corrected chi connectivity index (χ0v) is 14.2. The lowest BCUT2D eigenvalue weighted by molar-refractivity contribution is 0.920. The van der Waals surface area contributed by atoms with Gasteiger partial charge < -0.3 is 4.98 Å². The van der Waals surface area contributed by atoms with Gasteiger partial charge >= 0.3 is 0 Å². The summed E-state index contributed by atoms with van der Waals surface area (Å²) in [4.78, 5) is 3.28. The molecule has 0 radical (unpaired) electrons. The molecular weight excluding hydrogens is 379 g/mol. The van der Waals surface area contributed by atoms with E-state index in [1.165, 1.54) is 15.6 Å². The molecule has 3 rings (SSSR count). The average molecular weight is 394 g/mol. The summed E-state index contributed by atoms with van der Waals surface area (Å²) in [7, 11) is 0. The van der Waals surface area contributed by atoms with E-state index in [0.29, 0.717) is 0 Å². The van der Waals surface area contributed by atoms with Crippen molar-refractivity contribution < 1.29 is 0 Å². The number of imidazole rings is 1. The molecule has 0 aliphatic heterocycles. The van der Waals surface area contributed by atoms with Crippen molar-refractivity contribution >= 4 is 45.8 Å². The topological polar surface area (TPSA) is 20.7 Å². The molecule has 1 N–H and O–H groups in total. The van der Waals surface area contributed by atoms with Gasteiger partial charge in [-0.3, -0.25) is 4.57 Å². The monoisotopic (exact) mass is 394 g/mol. The maximum Gasteiger partial charge on any atom is 0.182 e. The second kappa shape index (κ2) is 5.69. The van der Waals surface area contributed by atoms with Crippen LogP contribution in [-0.4, -0.2) is 9.55 Å². The highest BCUT2D eigenvalue weighted by atomic mass is 127. The highest BCUT2D eigenvalue weighted by Gasteiger charge is 2.06. The minimum Gasteiger partial charge on any atom is -0.330 e. The van der Waals surface area contributed by atoms with Gasteiger partial charge in [0, 0.05) is 9.26 Å². The maximum atomic E-state index is 5.47. The second-order valence-corrected chi connectivity index (χ2v) is 6.48. The number of benzene rings is 2. The SMILES string of the molecule is CCCc1ccc(-n2c(=S)[nH]c3cc(I)ccc32)cc1. The molecule has 0 amide bonds. The van der Waals surface area contributed by atoms with E-state index in [-0.39, 0.29) is 0 Å². The molecule has 0 unspecified atom stereocenters. The smallest absolute Gasteiger partial charge is 0.182 e. The summed E-state index contributed by atoms with van der Waals surface area (Å²) >= 11 is 7.78. The van der Waals surface area contributed by atoms with E-state index in [0.717, 1.165) is 27.9 Å². The van der Waals surface area contributed by atoms with Gasteiger partial charge in [-0.2, -0.15) is 0 Å². The summed E-state index contributed by atoms with van der Waals surface area (Å²) in [5, 5.41) is 0. The third kappa shape index (κ3) is 2.54. The number of hydrogen-bond acceptors (Lipinski definition) is 1. The van der Waals surface area contributed by atoms with Crippen LogP contribution in [0, 0.1) is 8.34 Å². The number of H-pyrrole nitrogens is 1. The number of aromatic amines is 1. The van der Waals surface area contributed by atoms with E-state index >= 15 is 0 Å². The minimum atomic E-state index is 0.741. The summed E-state index contributed by atoms with van der Waals surface area (Å²) in [6.45, 7) is 2.20. The van der Waals surface area contributed by atoms with Crippen LogP contribution in [0.15, 0.2) is 42.5 Å². The number of nitrogens with one attached hydrogen (secondary N) is 1. The second-order valence-electron chi connectivity index (χ2n) is 4.84. The van der Waals surface area contributed by atoms with Gasteiger partial charge in [0.1, 0.15) is 0 Å². The van der Waals surface area contributed by atoms with E-state index < -0.39 is 0 Å². The Bertz CT molecular complexity index is 799. The van der Waals surface area contributed by atoms with Crippen LogP contribution in [0.4, 0.5) is 0 Å². The highest BCUT2D eigenvalue weighted by molar-refractivity contribution is 14.1. The van der Waals surface area contributed by atoms with E-state index in [2.05, 4.69) is 81.5 Å². The molecule has 0 spiro atoms. The van der Waals surface area contributed by atoms with Crippen molar-refractivity contribution in [3.63, 3.8) is 0 Å². The lowest BCUT2D eigenvalue weighted by atomic mass is 10.1. The van der Waals surface area contributed by atoms with Crippen LogP contribution in [0.2, 0.25) is 0 Å². The first-order valence-electron chi connectivity index (χ1n) is 6.68. The van der Waals surface area contributed by atoms with Gasteiger partial charge in [-0.1, -0.05) is 25.5 Å². The summed E-state index contributed by atoms with van der Waals surface area (Å²) in [6.07, 6.45) is 2.29. The fourth-order valence-corrected chi connectivity index (χ4v) is 3.25. The number of aromatic nitrogens is 2. The first-order chi connectivity index (χ1) is 9.69. The molecule has 0 aliphatic carbocycles. The third-order valence-electron chi connectivity index (χ3n) is 3.38. The van der Waals surface area contributed by atoms with Gasteiger partial charge in [0.15, 0.2) is 4.77 Å². The number of halogens is 1. The fraction of sp³-hybridized carbons (Fsp3) is 0.188. The van der Waals surface area contributed by atoms with E-state index in [1.54, 1.807) is 0 Å². The predicted molar refractivity (Wildman–Crippen MR) is 95.2 cm³/mol. The molecule has 2 aromatic carbocycles. The van der Waals surface area contributed by atoms with Crippen LogP contribution in [0.5, 0.6) is 0 Å². The Morgan fingerprint density at radius 2 is 1.90 bits per heavy atom. The zero-order chi connectivity index (χ0) is 14.1. The number of nitrogens with zero attached hydrogens (tertiary/aromatic N) is 1. The van der Waals surface area contributed by atoms with Crippen molar-refractivity contribution in [1.82, 2.24) is 9.55 Å². The largest absolute Gasteiger partial charge is 0.330 e. The minimum absolute atomic E-state index is 0.741. The highest BCUT2D eigenvalue weighted by Crippen LogP contribution is 2.22. The van der Waals surface area contributed by atoms with Gasteiger partial charge in [0.25, 0.3) is 0 Å². The molecule has 4 heteroatoms. The molecule has 0 saturated heterocycles. The van der Waals surface area contributed by atoms with Crippen LogP contribution in [-0.2, 0) is 6.42 Å². The van der Waals surface area contributed by atoms with Crippen molar-refractivity contribution in [2.24, 2.45) is 0 Å². The molecule has 1 aromatic heterocycles. The molecule has 0 atom stereocenters. The Morgan fingerprint density at radius 3 is 2.60 bits per heavy atom. The molecule has 0 saturated carbocycles. The van der Waals surface area contributed by atoms with Crippen LogP contribution in [0.25, 0.3) is 16.7 Å². The Kier molecular flexibility index (Phi) is 3.94. The molecule has 0 bridgehead atoms. The first-order valence-corrected chi connectivity index (χ1v) is 8.17. The van der Waals surface area contributed by atoms with Gasteiger partial charge in [0.05, 0.1) is 11.0 Å². The van der Waals surface area contributed by atoms with E-state index in [4.69, 9.17) is 12.2 Å². The first kappa shape index (κ1) is 13.8. The van der Waals surface area contributed by atoms with E-state index in [9.17, 15) is 0 Å². The summed E-state index contributed by atoms with van der Waals surface area (Å²) in [5.74, 6) is 0. The van der Waals surface area contributed by atoms with Gasteiger partial charge in [-0.15, -0.1) is 0 Å². The third-order valence-corrected chi connectivity index (χ3v) is 4.33. The molecule has 102 valence electrons. The number of fused-ring (bicyclic) bond motifs is 1. The van der Waals surface area contributed by atoms with Crippen molar-refractivity contribution in [3.05, 3.63) is 56.4 Å². The molecule has 20 heavy (non-hydrogen) atoms. The normalized spacial score (nSPS) is 11.1. The van der Waals surface area contributed by atoms with Crippen molar-refractivity contribution in [2.45, 2.75) is 19.8 Å². The van der Waals surface area contributed by atoms with Crippen molar-refractivity contribution in [1.29, 1.82) is 0 Å². The van der Waals surface area contributed by atoms with Crippen LogP contribution < -0.4 is 0 Å². The zero-order valence-electron chi connectivity index (χ0n) is 11.2. The summed E-state index contributed by atoms with van der Waals surface area (Å²) < 4.78 is 4.04. The molecule has 1 heterocycles. The lowest BCUT2D eigenvalue weighted by Crippen LogP contribution is -1.94. The Hall–Kier alpha value is -1.14. The fourth-order valence-electron chi connectivity index (χ4n) is 2.44. The average Bonchev–Trinajstić information content (AvgIpc) is 2.75. The van der Waals surface area contributed by atoms with Gasteiger partial charge in [-0.05, 0) is 77.1 Å². The quantitative estimate of drug-likeness (QED) is 0.476. The van der Waals surface area contributed by atoms with Crippen LogP contribution in [0.1, 0.15) is 18.9 Å². The Morgan fingerprint density at radius 1 is 1.15 bits per heavy atom. The number of hydrogen-bond donors (Lipinski definition) is 1. The summed E-state index contributed by atoms with van der Waals surface area (Å²) in [5.41, 5.74) is 4.69. The maximum absolute atomic E-state index is 5.47. The Labute approximate surface area is 137 Å². The number of rotatable bonds is 3. The molecule has 3 aromatic rings. The van der Waals surface area contributed by atoms with E-state index in [1.807, 2.05) is 0 Å². The van der Waals surface area contributed by atoms with Crippen LogP contribution >= 0.6 is 34.8 Å². The predicted octanol–water partition coefficient (Wildman–Crippen LogP) is 5.25. The molecule has 0 fully saturated rings. The molecule has 2 nitrogen and oxygen atoms in total. The molecular formula is C16H15IN2S.